The van der Waals surface area contributed by atoms with Gasteiger partial charge in [0.1, 0.15) is 0 Å². The Bertz CT molecular complexity index is 843. The summed E-state index contributed by atoms with van der Waals surface area (Å²) in [6.45, 7) is 4.10. The molecule has 0 bridgehead atoms. The first kappa shape index (κ1) is 15.8. The topological polar surface area (TPSA) is 28.2 Å². The summed E-state index contributed by atoms with van der Waals surface area (Å²) in [6, 6.07) is 21.3. The van der Waals surface area contributed by atoms with E-state index in [1.807, 2.05) is 0 Å². The maximum atomic E-state index is 4.99. The molecule has 122 valence electrons. The molecule has 1 unspecified atom stereocenters. The lowest BCUT2D eigenvalue weighted by Crippen LogP contribution is -2.45. The van der Waals surface area contributed by atoms with Crippen LogP contribution >= 0.6 is 15.9 Å². The summed E-state index contributed by atoms with van der Waals surface area (Å²) in [5.41, 5.74) is 3.45. The summed E-state index contributed by atoms with van der Waals surface area (Å²) in [5, 5.41) is 4.63. The molecule has 0 aliphatic carbocycles. The molecule has 1 atom stereocenters. The van der Waals surface area contributed by atoms with Crippen LogP contribution in [-0.2, 0) is 0 Å². The fraction of sp³-hybridized carbons (Fsp3) is 0.250. The van der Waals surface area contributed by atoms with Gasteiger partial charge in [-0.2, -0.15) is 0 Å². The summed E-state index contributed by atoms with van der Waals surface area (Å²) in [7, 11) is 0. The molecular formula is C20H20BrN3. The van der Waals surface area contributed by atoms with Gasteiger partial charge in [-0.1, -0.05) is 58.4 Å². The minimum absolute atomic E-state index is 0.173. The first-order valence-corrected chi connectivity index (χ1v) is 9.17. The maximum absolute atomic E-state index is 4.99. The molecule has 0 radical (unpaired) electrons. The molecule has 0 amide bonds. The van der Waals surface area contributed by atoms with Crippen LogP contribution in [0.2, 0.25) is 0 Å². The van der Waals surface area contributed by atoms with Crippen LogP contribution in [0.15, 0.2) is 65.1 Å². The van der Waals surface area contributed by atoms with E-state index in [1.54, 1.807) is 0 Å². The van der Waals surface area contributed by atoms with Crippen molar-refractivity contribution < 1.29 is 0 Å². The van der Waals surface area contributed by atoms with E-state index < -0.39 is 0 Å². The van der Waals surface area contributed by atoms with Crippen LogP contribution in [-0.4, -0.2) is 36.1 Å². The van der Waals surface area contributed by atoms with Crippen molar-refractivity contribution in [2.45, 2.75) is 6.04 Å². The second-order valence-electron chi connectivity index (χ2n) is 6.14. The zero-order valence-electron chi connectivity index (χ0n) is 13.5. The molecule has 1 N–H and O–H groups in total. The zero-order chi connectivity index (χ0) is 16.4. The van der Waals surface area contributed by atoms with E-state index in [0.29, 0.717) is 0 Å². The van der Waals surface area contributed by atoms with Crippen molar-refractivity contribution in [3.8, 4) is 0 Å². The number of hydrogen-bond acceptors (Lipinski definition) is 3. The fourth-order valence-electron chi connectivity index (χ4n) is 3.41. The van der Waals surface area contributed by atoms with Gasteiger partial charge >= 0.3 is 0 Å². The fourth-order valence-corrected chi connectivity index (χ4v) is 3.92. The third-order valence-electron chi connectivity index (χ3n) is 4.62. The SMILES string of the molecule is Brc1ccccc1C(c1ccc2ccccc2n1)N1CCNCC1. The molecule has 4 rings (SSSR count). The van der Waals surface area contributed by atoms with Crippen molar-refractivity contribution in [3.05, 3.63) is 76.4 Å². The molecule has 1 aliphatic heterocycles. The smallest absolute Gasteiger partial charge is 0.0788 e. The molecule has 1 saturated heterocycles. The van der Waals surface area contributed by atoms with Gasteiger partial charge < -0.3 is 5.32 Å². The molecule has 2 aromatic carbocycles. The average Bonchev–Trinajstić information content (AvgIpc) is 2.64. The Hall–Kier alpha value is -1.75. The van der Waals surface area contributed by atoms with Crippen molar-refractivity contribution in [2.75, 3.05) is 26.2 Å². The van der Waals surface area contributed by atoms with E-state index in [1.165, 1.54) is 10.9 Å². The van der Waals surface area contributed by atoms with E-state index >= 15 is 0 Å². The van der Waals surface area contributed by atoms with Crippen molar-refractivity contribution in [1.82, 2.24) is 15.2 Å². The second-order valence-corrected chi connectivity index (χ2v) is 6.99. The summed E-state index contributed by atoms with van der Waals surface area (Å²) in [4.78, 5) is 7.51. The summed E-state index contributed by atoms with van der Waals surface area (Å²) >= 11 is 3.74. The number of para-hydroxylation sites is 1. The van der Waals surface area contributed by atoms with Crippen molar-refractivity contribution in [2.24, 2.45) is 0 Å². The third-order valence-corrected chi connectivity index (χ3v) is 5.34. The monoisotopic (exact) mass is 381 g/mol. The zero-order valence-corrected chi connectivity index (χ0v) is 15.0. The molecule has 3 aromatic rings. The molecule has 1 aliphatic rings. The maximum Gasteiger partial charge on any atom is 0.0788 e. The lowest BCUT2D eigenvalue weighted by atomic mass is 10.00. The van der Waals surface area contributed by atoms with E-state index in [9.17, 15) is 0 Å². The van der Waals surface area contributed by atoms with Crippen molar-refractivity contribution in [1.29, 1.82) is 0 Å². The Morgan fingerprint density at radius 1 is 0.917 bits per heavy atom. The molecule has 3 nitrogen and oxygen atoms in total. The minimum Gasteiger partial charge on any atom is -0.314 e. The van der Waals surface area contributed by atoms with Crippen molar-refractivity contribution >= 4 is 26.8 Å². The number of nitrogens with one attached hydrogen (secondary N) is 1. The van der Waals surface area contributed by atoms with Crippen LogP contribution in [0.3, 0.4) is 0 Å². The van der Waals surface area contributed by atoms with Gasteiger partial charge in [-0.3, -0.25) is 9.88 Å². The average molecular weight is 382 g/mol. The van der Waals surface area contributed by atoms with Crippen molar-refractivity contribution in [3.63, 3.8) is 0 Å². The van der Waals surface area contributed by atoms with Gasteiger partial charge in [-0.15, -0.1) is 0 Å². The van der Waals surface area contributed by atoms with Crippen LogP contribution in [0, 0.1) is 0 Å². The van der Waals surface area contributed by atoms with Gasteiger partial charge in [0.25, 0.3) is 0 Å². The summed E-state index contributed by atoms with van der Waals surface area (Å²) in [5.74, 6) is 0. The summed E-state index contributed by atoms with van der Waals surface area (Å²) in [6.07, 6.45) is 0. The Kier molecular flexibility index (Phi) is 4.60. The first-order valence-electron chi connectivity index (χ1n) is 8.38. The van der Waals surface area contributed by atoms with Crippen LogP contribution in [0.25, 0.3) is 10.9 Å². The number of rotatable bonds is 3. The standard InChI is InChI=1S/C20H20BrN3/c21-17-7-3-2-6-16(17)20(24-13-11-22-12-14-24)19-10-9-15-5-1-4-8-18(15)23-19/h1-10,20,22H,11-14H2. The van der Waals surface area contributed by atoms with Gasteiger partial charge in [-0.25, -0.2) is 0 Å². The van der Waals surface area contributed by atoms with E-state index in [4.69, 9.17) is 4.98 Å². The predicted molar refractivity (Wildman–Crippen MR) is 102 cm³/mol. The number of benzene rings is 2. The molecule has 24 heavy (non-hydrogen) atoms. The van der Waals surface area contributed by atoms with Gasteiger partial charge in [0.15, 0.2) is 0 Å². The lowest BCUT2D eigenvalue weighted by Gasteiger charge is -2.35. The number of halogens is 1. The molecule has 1 fully saturated rings. The largest absolute Gasteiger partial charge is 0.314 e. The van der Waals surface area contributed by atoms with Gasteiger partial charge in [-0.05, 0) is 23.8 Å². The molecule has 0 spiro atoms. The Morgan fingerprint density at radius 2 is 1.67 bits per heavy atom. The minimum atomic E-state index is 0.173. The predicted octanol–water partition coefficient (Wildman–Crippen LogP) is 3.99. The van der Waals surface area contributed by atoms with Crippen LogP contribution < -0.4 is 5.32 Å². The van der Waals surface area contributed by atoms with Gasteiger partial charge in [0, 0.05) is 36.0 Å². The highest BCUT2D eigenvalue weighted by Crippen LogP contribution is 2.33. The Labute approximate surface area is 150 Å². The number of fused-ring (bicyclic) bond motifs is 1. The Morgan fingerprint density at radius 3 is 2.50 bits per heavy atom. The summed E-state index contributed by atoms with van der Waals surface area (Å²) < 4.78 is 1.14. The molecule has 1 aromatic heterocycles. The highest BCUT2D eigenvalue weighted by atomic mass is 79.9. The highest BCUT2D eigenvalue weighted by Gasteiger charge is 2.26. The second kappa shape index (κ2) is 7.01. The van der Waals surface area contributed by atoms with E-state index in [0.717, 1.165) is 41.9 Å². The van der Waals surface area contributed by atoms with Crippen LogP contribution in [0.5, 0.6) is 0 Å². The third kappa shape index (κ3) is 3.09. The molecule has 4 heteroatoms. The quantitative estimate of drug-likeness (QED) is 0.743. The highest BCUT2D eigenvalue weighted by molar-refractivity contribution is 9.10. The molecular weight excluding hydrogens is 362 g/mol. The number of hydrogen-bond donors (Lipinski definition) is 1. The molecule has 2 heterocycles. The number of pyridine rings is 1. The Balaban J connectivity index is 1.82. The van der Waals surface area contributed by atoms with Gasteiger partial charge in [0.2, 0.25) is 0 Å². The normalized spacial score (nSPS) is 17.0. The first-order chi connectivity index (χ1) is 11.8. The molecule has 0 saturated carbocycles. The number of aromatic nitrogens is 1. The number of nitrogens with zero attached hydrogens (tertiary/aromatic N) is 2. The van der Waals surface area contributed by atoms with Gasteiger partial charge in [0.05, 0.1) is 17.3 Å². The lowest BCUT2D eigenvalue weighted by molar-refractivity contribution is 0.195. The number of piperazine rings is 1. The van der Waals surface area contributed by atoms with E-state index in [-0.39, 0.29) is 6.04 Å². The van der Waals surface area contributed by atoms with Crippen LogP contribution in [0.1, 0.15) is 17.3 Å². The van der Waals surface area contributed by atoms with E-state index in [2.05, 4.69) is 86.8 Å². The van der Waals surface area contributed by atoms with Crippen LogP contribution in [0.4, 0.5) is 0 Å².